The number of fused-ring (bicyclic) bond motifs is 1. The lowest BCUT2D eigenvalue weighted by molar-refractivity contribution is 0.111. The highest BCUT2D eigenvalue weighted by Crippen LogP contribution is 2.18. The molecule has 0 amide bonds. The molecule has 0 saturated carbocycles. The number of hydrogen-bond acceptors (Lipinski definition) is 2. The van der Waals surface area contributed by atoms with Gasteiger partial charge >= 0.3 is 0 Å². The first kappa shape index (κ1) is 8.26. The maximum Gasteiger partial charge on any atom is 0.170 e. The van der Waals surface area contributed by atoms with Gasteiger partial charge in [0, 0.05) is 6.20 Å². The van der Waals surface area contributed by atoms with E-state index in [-0.39, 0.29) is 0 Å². The minimum Gasteiger partial charge on any atom is -0.302 e. The Labute approximate surface area is 80.0 Å². The number of pyridine rings is 1. The van der Waals surface area contributed by atoms with Crippen LogP contribution in [0, 0.1) is 6.92 Å². The quantitative estimate of drug-likeness (QED) is 0.652. The number of aryl methyl sites for hydroxylation is 1. The summed E-state index contributed by atoms with van der Waals surface area (Å²) < 4.78 is 1.80. The summed E-state index contributed by atoms with van der Waals surface area (Å²) in [5.41, 5.74) is 1.88. The fraction of sp³-hybridized carbons (Fsp3) is 0.111. The molecule has 3 nitrogen and oxygen atoms in total. The molecule has 2 rings (SSSR count). The summed E-state index contributed by atoms with van der Waals surface area (Å²) in [7, 11) is 0. The van der Waals surface area contributed by atoms with Gasteiger partial charge in [0.2, 0.25) is 0 Å². The number of hydrogen-bond donors (Lipinski definition) is 0. The molecular formula is C9H7ClN2O. The summed E-state index contributed by atoms with van der Waals surface area (Å²) in [6.45, 7) is 1.83. The van der Waals surface area contributed by atoms with E-state index in [1.165, 1.54) is 0 Å². The van der Waals surface area contributed by atoms with Gasteiger partial charge in [0.15, 0.2) is 11.9 Å². The molecule has 0 aliphatic heterocycles. The van der Waals surface area contributed by atoms with Crippen LogP contribution in [0.15, 0.2) is 18.3 Å². The predicted molar refractivity (Wildman–Crippen MR) is 50.3 cm³/mol. The Hall–Kier alpha value is -1.35. The lowest BCUT2D eigenvalue weighted by Gasteiger charge is -1.95. The summed E-state index contributed by atoms with van der Waals surface area (Å²) >= 11 is 5.90. The minimum absolute atomic E-state index is 0.438. The van der Waals surface area contributed by atoms with Crippen molar-refractivity contribution in [1.82, 2.24) is 9.38 Å². The number of nitrogens with zero attached hydrogens (tertiary/aromatic N) is 2. The topological polar surface area (TPSA) is 34.4 Å². The Bertz CT molecular complexity index is 476. The van der Waals surface area contributed by atoms with Gasteiger partial charge in [0.1, 0.15) is 5.69 Å². The van der Waals surface area contributed by atoms with Crippen molar-refractivity contribution in [2.45, 2.75) is 6.92 Å². The summed E-state index contributed by atoms with van der Waals surface area (Å²) in [5.74, 6) is 0. The lowest BCUT2D eigenvalue weighted by atomic mass is 10.4. The molecular weight excluding hydrogens is 188 g/mol. The maximum absolute atomic E-state index is 10.6. The van der Waals surface area contributed by atoms with Crippen LogP contribution >= 0.6 is 11.6 Å². The van der Waals surface area contributed by atoms with E-state index in [4.69, 9.17) is 11.6 Å². The van der Waals surface area contributed by atoms with Gasteiger partial charge in [-0.25, -0.2) is 4.98 Å². The van der Waals surface area contributed by atoms with Crippen LogP contribution in [0.3, 0.4) is 0 Å². The van der Waals surface area contributed by atoms with Crippen LogP contribution in [0.25, 0.3) is 5.65 Å². The molecule has 2 aromatic rings. The van der Waals surface area contributed by atoms with E-state index in [0.29, 0.717) is 16.4 Å². The van der Waals surface area contributed by atoms with Crippen molar-refractivity contribution >= 4 is 23.5 Å². The maximum atomic E-state index is 10.6. The second-order valence-corrected chi connectivity index (χ2v) is 3.16. The van der Waals surface area contributed by atoms with Crippen LogP contribution in [-0.2, 0) is 0 Å². The molecule has 66 valence electrons. The molecule has 0 fully saturated rings. The number of carbonyl (C=O) groups is 1. The first-order valence-corrected chi connectivity index (χ1v) is 4.20. The third kappa shape index (κ3) is 1.12. The molecule has 0 aromatic carbocycles. The molecule has 0 N–H and O–H groups in total. The molecule has 0 bridgehead atoms. The van der Waals surface area contributed by atoms with E-state index in [2.05, 4.69) is 4.98 Å². The average Bonchev–Trinajstić information content (AvgIpc) is 2.45. The number of halogens is 1. The molecule has 2 aromatic heterocycles. The monoisotopic (exact) mass is 194 g/mol. The SMILES string of the molecule is Cc1c(C=O)nc2c(Cl)cccn12. The average molecular weight is 195 g/mol. The predicted octanol–water partition coefficient (Wildman–Crippen LogP) is 2.11. The second kappa shape index (κ2) is 2.85. The van der Waals surface area contributed by atoms with Gasteiger partial charge < -0.3 is 4.40 Å². The Kier molecular flexibility index (Phi) is 1.81. The first-order chi connectivity index (χ1) is 6.24. The van der Waals surface area contributed by atoms with Crippen LogP contribution in [0.1, 0.15) is 16.2 Å². The zero-order valence-corrected chi connectivity index (χ0v) is 7.75. The van der Waals surface area contributed by atoms with Crippen LogP contribution in [0.4, 0.5) is 0 Å². The van der Waals surface area contributed by atoms with Crippen molar-refractivity contribution in [2.24, 2.45) is 0 Å². The van der Waals surface area contributed by atoms with Crippen LogP contribution in [0.2, 0.25) is 5.02 Å². The number of rotatable bonds is 1. The molecule has 0 atom stereocenters. The van der Waals surface area contributed by atoms with E-state index >= 15 is 0 Å². The van der Waals surface area contributed by atoms with Crippen molar-refractivity contribution in [3.05, 3.63) is 34.7 Å². The third-order valence-corrected chi connectivity index (χ3v) is 2.28. The fourth-order valence-electron chi connectivity index (χ4n) is 1.28. The van der Waals surface area contributed by atoms with Gasteiger partial charge in [-0.05, 0) is 19.1 Å². The normalized spacial score (nSPS) is 10.6. The molecule has 13 heavy (non-hydrogen) atoms. The van der Waals surface area contributed by atoms with Gasteiger partial charge in [0.05, 0.1) is 10.7 Å². The first-order valence-electron chi connectivity index (χ1n) is 3.82. The number of carbonyl (C=O) groups excluding carboxylic acids is 1. The molecule has 0 spiro atoms. The molecule has 0 radical (unpaired) electrons. The summed E-state index contributed by atoms with van der Waals surface area (Å²) in [6.07, 6.45) is 2.56. The Morgan fingerprint density at radius 3 is 3.00 bits per heavy atom. The number of imidazole rings is 1. The van der Waals surface area contributed by atoms with Crippen molar-refractivity contribution in [3.8, 4) is 0 Å². The van der Waals surface area contributed by atoms with Gasteiger partial charge in [0.25, 0.3) is 0 Å². The lowest BCUT2D eigenvalue weighted by Crippen LogP contribution is -1.87. The molecule has 4 heteroatoms. The number of aldehydes is 1. The van der Waals surface area contributed by atoms with Crippen LogP contribution in [-0.4, -0.2) is 15.7 Å². The van der Waals surface area contributed by atoms with E-state index in [0.717, 1.165) is 12.0 Å². The zero-order valence-electron chi connectivity index (χ0n) is 6.99. The molecule has 0 aliphatic carbocycles. The van der Waals surface area contributed by atoms with E-state index in [1.54, 1.807) is 10.5 Å². The number of aromatic nitrogens is 2. The highest BCUT2D eigenvalue weighted by Gasteiger charge is 2.08. The van der Waals surface area contributed by atoms with Crippen molar-refractivity contribution < 1.29 is 4.79 Å². The largest absolute Gasteiger partial charge is 0.302 e. The van der Waals surface area contributed by atoms with Crippen molar-refractivity contribution in [3.63, 3.8) is 0 Å². The van der Waals surface area contributed by atoms with Crippen LogP contribution in [0.5, 0.6) is 0 Å². The fourth-order valence-corrected chi connectivity index (χ4v) is 1.49. The van der Waals surface area contributed by atoms with Gasteiger partial charge in [-0.2, -0.15) is 0 Å². The van der Waals surface area contributed by atoms with Gasteiger partial charge in [-0.15, -0.1) is 0 Å². The third-order valence-electron chi connectivity index (χ3n) is 1.99. The summed E-state index contributed by atoms with van der Waals surface area (Å²) in [5, 5.41) is 0.554. The molecule has 0 saturated heterocycles. The molecule has 2 heterocycles. The van der Waals surface area contributed by atoms with E-state index < -0.39 is 0 Å². The summed E-state index contributed by atoms with van der Waals surface area (Å²) in [6, 6.07) is 3.57. The van der Waals surface area contributed by atoms with E-state index in [1.807, 2.05) is 19.2 Å². The highest BCUT2D eigenvalue weighted by molar-refractivity contribution is 6.33. The molecule has 0 aliphatic rings. The van der Waals surface area contributed by atoms with Crippen molar-refractivity contribution in [2.75, 3.05) is 0 Å². The standard InChI is InChI=1S/C9H7ClN2O/c1-6-8(5-13)11-9-7(10)3-2-4-12(6)9/h2-5H,1H3. The summed E-state index contributed by atoms with van der Waals surface area (Å²) in [4.78, 5) is 14.7. The van der Waals surface area contributed by atoms with Gasteiger partial charge in [-0.3, -0.25) is 4.79 Å². The Morgan fingerprint density at radius 1 is 1.62 bits per heavy atom. The zero-order chi connectivity index (χ0) is 9.42. The van der Waals surface area contributed by atoms with Gasteiger partial charge in [-0.1, -0.05) is 11.6 Å². The molecule has 0 unspecified atom stereocenters. The Morgan fingerprint density at radius 2 is 2.38 bits per heavy atom. The second-order valence-electron chi connectivity index (χ2n) is 2.75. The van der Waals surface area contributed by atoms with Crippen LogP contribution < -0.4 is 0 Å². The highest BCUT2D eigenvalue weighted by atomic mass is 35.5. The Balaban J connectivity index is 2.91. The minimum atomic E-state index is 0.438. The van der Waals surface area contributed by atoms with Crippen molar-refractivity contribution in [1.29, 1.82) is 0 Å². The smallest absolute Gasteiger partial charge is 0.170 e. The van der Waals surface area contributed by atoms with E-state index in [9.17, 15) is 4.79 Å².